The van der Waals surface area contributed by atoms with Crippen molar-refractivity contribution >= 4 is 32.0 Å². The van der Waals surface area contributed by atoms with Crippen molar-refractivity contribution in [3.05, 3.63) is 36.3 Å². The van der Waals surface area contributed by atoms with Crippen molar-refractivity contribution in [3.8, 4) is 0 Å². The van der Waals surface area contributed by atoms with E-state index in [4.69, 9.17) is 9.72 Å². The molecule has 29 heavy (non-hydrogen) atoms. The summed E-state index contributed by atoms with van der Waals surface area (Å²) < 4.78 is 34.6. The zero-order valence-corrected chi connectivity index (χ0v) is 18.0. The van der Waals surface area contributed by atoms with Crippen LogP contribution < -0.4 is 4.72 Å². The van der Waals surface area contributed by atoms with E-state index >= 15 is 0 Å². The lowest BCUT2D eigenvalue weighted by molar-refractivity contribution is 0.126. The molecule has 0 radical (unpaired) electrons. The van der Waals surface area contributed by atoms with Crippen LogP contribution in [0.2, 0.25) is 0 Å². The Labute approximate surface area is 172 Å². The second-order valence-electron chi connectivity index (χ2n) is 7.10. The van der Waals surface area contributed by atoms with Crippen LogP contribution >= 0.6 is 0 Å². The SMILES string of the molecule is CCCCNS(=O)(=O)CCCCn1c(COCC)nc2cnc3ccccc3c21. The van der Waals surface area contributed by atoms with Crippen LogP contribution in [0.5, 0.6) is 0 Å². The van der Waals surface area contributed by atoms with Crippen LogP contribution in [0.15, 0.2) is 30.5 Å². The van der Waals surface area contributed by atoms with Gasteiger partial charge in [-0.3, -0.25) is 4.98 Å². The summed E-state index contributed by atoms with van der Waals surface area (Å²) in [5.74, 6) is 0.996. The Bertz CT molecular complexity index is 1050. The van der Waals surface area contributed by atoms with Gasteiger partial charge in [-0.2, -0.15) is 0 Å². The topological polar surface area (TPSA) is 86.1 Å². The Kier molecular flexibility index (Phi) is 7.57. The number of aryl methyl sites for hydroxylation is 1. The predicted molar refractivity (Wildman–Crippen MR) is 116 cm³/mol. The third kappa shape index (κ3) is 5.52. The molecule has 8 heteroatoms. The lowest BCUT2D eigenvalue weighted by Crippen LogP contribution is -2.27. The number of imidazole rings is 1. The number of rotatable bonds is 12. The second kappa shape index (κ2) is 10.1. The standard InChI is InChI=1S/C21H30N4O3S/c1-3-5-12-23-29(26,27)14-9-8-13-25-20(16-28-4-2)24-19-15-22-18-11-7-6-10-17(18)21(19)25/h6-7,10-11,15,23H,3-5,8-9,12-14,16H2,1-2H3. The zero-order valence-electron chi connectivity index (χ0n) is 17.2. The molecule has 0 atom stereocenters. The number of benzene rings is 1. The highest BCUT2D eigenvalue weighted by molar-refractivity contribution is 7.89. The van der Waals surface area contributed by atoms with E-state index in [9.17, 15) is 8.42 Å². The number of para-hydroxylation sites is 1. The number of unbranched alkanes of at least 4 members (excludes halogenated alkanes) is 2. The fourth-order valence-corrected chi connectivity index (χ4v) is 4.58. The van der Waals surface area contributed by atoms with Crippen LogP contribution in [0, 0.1) is 0 Å². The number of ether oxygens (including phenoxy) is 1. The van der Waals surface area contributed by atoms with E-state index in [-0.39, 0.29) is 5.75 Å². The normalized spacial score (nSPS) is 12.2. The van der Waals surface area contributed by atoms with Gasteiger partial charge >= 0.3 is 0 Å². The summed E-state index contributed by atoms with van der Waals surface area (Å²) in [7, 11) is -3.21. The monoisotopic (exact) mass is 418 g/mol. The molecule has 0 bridgehead atoms. The molecule has 0 saturated heterocycles. The van der Waals surface area contributed by atoms with Crippen molar-refractivity contribution in [2.45, 2.75) is 52.7 Å². The zero-order chi connectivity index (χ0) is 20.7. The third-order valence-electron chi connectivity index (χ3n) is 4.89. The minimum atomic E-state index is -3.21. The van der Waals surface area contributed by atoms with Crippen molar-refractivity contribution < 1.29 is 13.2 Å². The molecule has 2 aromatic heterocycles. The van der Waals surface area contributed by atoms with Gasteiger partial charge in [-0.1, -0.05) is 31.5 Å². The Balaban J connectivity index is 1.77. The summed E-state index contributed by atoms with van der Waals surface area (Å²) in [4.78, 5) is 9.23. The smallest absolute Gasteiger partial charge is 0.211 e. The maximum atomic E-state index is 12.1. The molecule has 158 valence electrons. The molecular weight excluding hydrogens is 388 g/mol. The van der Waals surface area contributed by atoms with E-state index in [1.807, 2.05) is 32.0 Å². The summed E-state index contributed by atoms with van der Waals surface area (Å²) in [6.45, 7) is 6.25. The van der Waals surface area contributed by atoms with Gasteiger partial charge in [-0.05, 0) is 32.3 Å². The molecule has 3 rings (SSSR count). The number of hydrogen-bond acceptors (Lipinski definition) is 5. The summed E-state index contributed by atoms with van der Waals surface area (Å²) in [6.07, 6.45) is 4.98. The fourth-order valence-electron chi connectivity index (χ4n) is 3.39. The Morgan fingerprint density at radius 1 is 1.10 bits per heavy atom. The number of nitrogens with zero attached hydrogens (tertiary/aromatic N) is 3. The highest BCUT2D eigenvalue weighted by Crippen LogP contribution is 2.25. The van der Waals surface area contributed by atoms with Gasteiger partial charge < -0.3 is 9.30 Å². The van der Waals surface area contributed by atoms with Crippen LogP contribution in [0.1, 0.15) is 45.4 Å². The van der Waals surface area contributed by atoms with Crippen molar-refractivity contribution in [3.63, 3.8) is 0 Å². The average Bonchev–Trinajstić information content (AvgIpc) is 3.07. The van der Waals surface area contributed by atoms with E-state index in [1.165, 1.54) is 0 Å². The maximum Gasteiger partial charge on any atom is 0.211 e. The van der Waals surface area contributed by atoms with Crippen molar-refractivity contribution in [1.29, 1.82) is 0 Å². The van der Waals surface area contributed by atoms with Crippen LogP contribution in [0.25, 0.3) is 21.9 Å². The van der Waals surface area contributed by atoms with Gasteiger partial charge in [0.1, 0.15) is 17.9 Å². The molecule has 3 aromatic rings. The maximum absolute atomic E-state index is 12.1. The molecule has 1 aromatic carbocycles. The van der Waals surface area contributed by atoms with Gasteiger partial charge in [0.2, 0.25) is 10.0 Å². The van der Waals surface area contributed by atoms with Gasteiger partial charge in [-0.15, -0.1) is 0 Å². The predicted octanol–water partition coefficient (Wildman–Crippen LogP) is 3.62. The number of fused-ring (bicyclic) bond motifs is 3. The van der Waals surface area contributed by atoms with Crippen LogP contribution in [0.4, 0.5) is 0 Å². The van der Waals surface area contributed by atoms with Crippen molar-refractivity contribution in [1.82, 2.24) is 19.3 Å². The highest BCUT2D eigenvalue weighted by Gasteiger charge is 2.15. The summed E-state index contributed by atoms with van der Waals surface area (Å²) in [5.41, 5.74) is 2.80. The average molecular weight is 419 g/mol. The Morgan fingerprint density at radius 3 is 2.72 bits per heavy atom. The van der Waals surface area contributed by atoms with Crippen molar-refractivity contribution in [2.75, 3.05) is 18.9 Å². The summed E-state index contributed by atoms with van der Waals surface area (Å²) in [6, 6.07) is 8.01. The number of pyridine rings is 1. The number of aromatic nitrogens is 3. The van der Waals surface area contributed by atoms with Gasteiger partial charge in [0.25, 0.3) is 0 Å². The molecule has 0 aliphatic heterocycles. The molecule has 2 heterocycles. The quantitative estimate of drug-likeness (QED) is 0.454. The first-order valence-corrected chi connectivity index (χ1v) is 12.0. The van der Waals surface area contributed by atoms with Crippen LogP contribution in [0.3, 0.4) is 0 Å². The number of hydrogen-bond donors (Lipinski definition) is 1. The first kappa shape index (κ1) is 21.7. The Morgan fingerprint density at radius 2 is 1.93 bits per heavy atom. The second-order valence-corrected chi connectivity index (χ2v) is 9.03. The molecule has 0 unspecified atom stereocenters. The van der Waals surface area contributed by atoms with E-state index in [0.29, 0.717) is 32.7 Å². The summed E-state index contributed by atoms with van der Waals surface area (Å²) in [5, 5.41) is 1.05. The van der Waals surface area contributed by atoms with E-state index in [2.05, 4.69) is 20.3 Å². The fraction of sp³-hybridized carbons (Fsp3) is 0.524. The molecule has 1 N–H and O–H groups in total. The van der Waals surface area contributed by atoms with Gasteiger partial charge in [-0.25, -0.2) is 18.1 Å². The van der Waals surface area contributed by atoms with E-state index in [0.717, 1.165) is 47.0 Å². The molecule has 0 saturated carbocycles. The van der Waals surface area contributed by atoms with Gasteiger partial charge in [0.15, 0.2) is 0 Å². The van der Waals surface area contributed by atoms with Crippen LogP contribution in [-0.4, -0.2) is 41.9 Å². The molecule has 0 fully saturated rings. The molecule has 0 amide bonds. The first-order chi connectivity index (χ1) is 14.1. The molecule has 0 spiro atoms. The summed E-state index contributed by atoms with van der Waals surface area (Å²) >= 11 is 0. The molecule has 0 aliphatic rings. The molecular formula is C21H30N4O3S. The minimum absolute atomic E-state index is 0.145. The largest absolute Gasteiger partial charge is 0.374 e. The Hall–Kier alpha value is -2.03. The number of nitrogens with one attached hydrogen (secondary N) is 1. The number of sulfonamides is 1. The van der Waals surface area contributed by atoms with Crippen molar-refractivity contribution in [2.24, 2.45) is 0 Å². The minimum Gasteiger partial charge on any atom is -0.374 e. The van der Waals surface area contributed by atoms with Gasteiger partial charge in [0.05, 0.1) is 23.0 Å². The highest BCUT2D eigenvalue weighted by atomic mass is 32.2. The third-order valence-corrected chi connectivity index (χ3v) is 6.36. The van der Waals surface area contributed by atoms with E-state index in [1.54, 1.807) is 6.20 Å². The van der Waals surface area contributed by atoms with Crippen LogP contribution in [-0.2, 0) is 27.9 Å². The van der Waals surface area contributed by atoms with E-state index < -0.39 is 10.0 Å². The molecule has 0 aliphatic carbocycles. The lowest BCUT2D eigenvalue weighted by Gasteiger charge is -2.11. The molecule has 7 nitrogen and oxygen atoms in total. The first-order valence-electron chi connectivity index (χ1n) is 10.3. The van der Waals surface area contributed by atoms with Gasteiger partial charge in [0, 0.05) is 25.1 Å². The lowest BCUT2D eigenvalue weighted by atomic mass is 10.2.